The summed E-state index contributed by atoms with van der Waals surface area (Å²) >= 11 is 0. The average Bonchev–Trinajstić information content (AvgIpc) is 2.90. The van der Waals surface area contributed by atoms with E-state index >= 15 is 0 Å². The van der Waals surface area contributed by atoms with Crippen molar-refractivity contribution in [3.05, 3.63) is 18.0 Å². The summed E-state index contributed by atoms with van der Waals surface area (Å²) in [7, 11) is 4.11. The van der Waals surface area contributed by atoms with Crippen molar-refractivity contribution in [1.82, 2.24) is 14.7 Å². The zero-order chi connectivity index (χ0) is 16.0. The molecule has 1 unspecified atom stereocenters. The van der Waals surface area contributed by atoms with Crippen LogP contribution < -0.4 is 0 Å². The van der Waals surface area contributed by atoms with Crippen LogP contribution in [-0.4, -0.2) is 45.5 Å². The van der Waals surface area contributed by atoms with Gasteiger partial charge in [0.25, 0.3) is 0 Å². The number of rotatable bonds is 9. The van der Waals surface area contributed by atoms with Gasteiger partial charge in [-0.2, -0.15) is 5.10 Å². The van der Waals surface area contributed by atoms with E-state index in [4.69, 9.17) is 0 Å². The lowest BCUT2D eigenvalue weighted by Gasteiger charge is -2.42. The van der Waals surface area contributed by atoms with Crippen LogP contribution in [0.5, 0.6) is 0 Å². The fourth-order valence-corrected chi connectivity index (χ4v) is 3.39. The van der Waals surface area contributed by atoms with E-state index in [0.717, 1.165) is 31.4 Å². The summed E-state index contributed by atoms with van der Waals surface area (Å²) in [6.45, 7) is 8.68. The molecule has 4 heteroatoms. The van der Waals surface area contributed by atoms with Crippen molar-refractivity contribution >= 4 is 0 Å². The first kappa shape index (κ1) is 18.2. The minimum atomic E-state index is -0.396. The molecular formula is C17H33N3O. The fourth-order valence-electron chi connectivity index (χ4n) is 3.39. The van der Waals surface area contributed by atoms with E-state index in [-0.39, 0.29) is 5.54 Å². The van der Waals surface area contributed by atoms with Gasteiger partial charge >= 0.3 is 0 Å². The maximum Gasteiger partial charge on any atom is 0.0779 e. The first-order valence-corrected chi connectivity index (χ1v) is 8.34. The molecular weight excluding hydrogens is 262 g/mol. The van der Waals surface area contributed by atoms with Crippen LogP contribution in [0.15, 0.2) is 12.3 Å². The molecule has 4 nitrogen and oxygen atoms in total. The van der Waals surface area contributed by atoms with Gasteiger partial charge in [-0.3, -0.25) is 4.68 Å². The quantitative estimate of drug-likeness (QED) is 0.760. The molecule has 0 aliphatic heterocycles. The zero-order valence-corrected chi connectivity index (χ0v) is 14.6. The lowest BCUT2D eigenvalue weighted by molar-refractivity contribution is -0.0131. The highest BCUT2D eigenvalue weighted by molar-refractivity contribution is 5.06. The van der Waals surface area contributed by atoms with E-state index in [2.05, 4.69) is 62.7 Å². The van der Waals surface area contributed by atoms with Gasteiger partial charge in [0, 0.05) is 18.2 Å². The van der Waals surface area contributed by atoms with Crippen LogP contribution in [0.4, 0.5) is 0 Å². The number of hydrogen-bond acceptors (Lipinski definition) is 3. The Balaban J connectivity index is 2.85. The minimum absolute atomic E-state index is 0.168. The number of aromatic nitrogens is 2. The summed E-state index contributed by atoms with van der Waals surface area (Å²) in [5.74, 6) is 0. The highest BCUT2D eigenvalue weighted by atomic mass is 16.3. The second kappa shape index (κ2) is 7.95. The molecule has 1 heterocycles. The van der Waals surface area contributed by atoms with Crippen molar-refractivity contribution in [2.24, 2.45) is 0 Å². The monoisotopic (exact) mass is 295 g/mol. The van der Waals surface area contributed by atoms with Crippen molar-refractivity contribution < 1.29 is 5.11 Å². The molecule has 122 valence electrons. The molecule has 1 aromatic heterocycles. The van der Waals surface area contributed by atoms with Crippen LogP contribution in [0.25, 0.3) is 0 Å². The van der Waals surface area contributed by atoms with Crippen molar-refractivity contribution in [2.45, 2.75) is 77.5 Å². The van der Waals surface area contributed by atoms with E-state index < -0.39 is 6.10 Å². The number of aliphatic hydroxyl groups is 1. The molecule has 0 aromatic carbocycles. The predicted octanol–water partition coefficient (Wildman–Crippen LogP) is 3.27. The van der Waals surface area contributed by atoms with Gasteiger partial charge in [0.05, 0.1) is 17.8 Å². The van der Waals surface area contributed by atoms with Crippen LogP contribution in [0.1, 0.15) is 65.1 Å². The molecule has 0 radical (unpaired) electrons. The van der Waals surface area contributed by atoms with Crippen LogP contribution >= 0.6 is 0 Å². The number of likely N-dealkylation sites (N-methyl/N-ethyl adjacent to an activating group) is 1. The Morgan fingerprint density at radius 1 is 1.19 bits per heavy atom. The molecule has 0 saturated carbocycles. The Morgan fingerprint density at radius 2 is 1.76 bits per heavy atom. The van der Waals surface area contributed by atoms with E-state index in [1.54, 1.807) is 0 Å². The van der Waals surface area contributed by atoms with Crippen molar-refractivity contribution in [3.8, 4) is 0 Å². The maximum absolute atomic E-state index is 10.8. The molecule has 1 rings (SSSR count). The lowest BCUT2D eigenvalue weighted by atomic mass is 9.83. The Morgan fingerprint density at radius 3 is 2.19 bits per heavy atom. The molecule has 0 bridgehead atoms. The molecule has 21 heavy (non-hydrogen) atoms. The largest absolute Gasteiger partial charge is 0.391 e. The van der Waals surface area contributed by atoms with Gasteiger partial charge < -0.3 is 10.0 Å². The summed E-state index contributed by atoms with van der Waals surface area (Å²) in [5, 5.41) is 15.4. The van der Waals surface area contributed by atoms with Crippen LogP contribution in [0, 0.1) is 0 Å². The second-order valence-electron chi connectivity index (χ2n) is 6.18. The highest BCUT2D eigenvalue weighted by Crippen LogP contribution is 2.28. The predicted molar refractivity (Wildman–Crippen MR) is 88.6 cm³/mol. The smallest absolute Gasteiger partial charge is 0.0779 e. The third-order valence-electron chi connectivity index (χ3n) is 5.12. The van der Waals surface area contributed by atoms with Gasteiger partial charge in [0.15, 0.2) is 0 Å². The standard InChI is InChI=1S/C17H33N3O/c1-7-15(8-2)20-12-11-14(18-20)13-16(21)17(9-3,10-4)19(5)6/h11-12,15-16,21H,7-10,13H2,1-6H3. The first-order valence-electron chi connectivity index (χ1n) is 8.34. The van der Waals surface area contributed by atoms with Crippen molar-refractivity contribution in [2.75, 3.05) is 14.1 Å². The average molecular weight is 295 g/mol. The number of hydrogen-bond donors (Lipinski definition) is 1. The van der Waals surface area contributed by atoms with Gasteiger partial charge in [-0.1, -0.05) is 27.7 Å². The van der Waals surface area contributed by atoms with Gasteiger partial charge in [-0.25, -0.2) is 0 Å². The Labute approximate surface area is 130 Å². The highest BCUT2D eigenvalue weighted by Gasteiger charge is 2.37. The van der Waals surface area contributed by atoms with E-state index in [0.29, 0.717) is 12.5 Å². The topological polar surface area (TPSA) is 41.3 Å². The molecule has 1 N–H and O–H groups in total. The third kappa shape index (κ3) is 3.86. The Kier molecular flexibility index (Phi) is 6.88. The van der Waals surface area contributed by atoms with E-state index in [9.17, 15) is 5.11 Å². The molecule has 0 fully saturated rings. The molecule has 0 aliphatic carbocycles. The number of nitrogens with zero attached hydrogens (tertiary/aromatic N) is 3. The summed E-state index contributed by atoms with van der Waals surface area (Å²) < 4.78 is 2.05. The molecule has 1 atom stereocenters. The molecule has 1 aromatic rings. The number of aliphatic hydroxyl groups excluding tert-OH is 1. The van der Waals surface area contributed by atoms with Gasteiger partial charge in [0.2, 0.25) is 0 Å². The summed E-state index contributed by atoms with van der Waals surface area (Å²) in [6, 6.07) is 2.51. The summed E-state index contributed by atoms with van der Waals surface area (Å²) in [5.41, 5.74) is 0.820. The first-order chi connectivity index (χ1) is 9.94. The molecule has 0 spiro atoms. The summed E-state index contributed by atoms with van der Waals surface area (Å²) in [6.07, 6.45) is 6.32. The Hall–Kier alpha value is -0.870. The van der Waals surface area contributed by atoms with Crippen molar-refractivity contribution in [3.63, 3.8) is 0 Å². The Bertz CT molecular complexity index is 406. The van der Waals surface area contributed by atoms with E-state index in [1.165, 1.54) is 0 Å². The van der Waals surface area contributed by atoms with Gasteiger partial charge in [-0.15, -0.1) is 0 Å². The molecule has 0 aliphatic rings. The summed E-state index contributed by atoms with van der Waals surface area (Å²) in [4.78, 5) is 2.16. The van der Waals surface area contributed by atoms with Crippen LogP contribution in [0.3, 0.4) is 0 Å². The zero-order valence-electron chi connectivity index (χ0n) is 14.6. The normalized spacial score (nSPS) is 14.1. The van der Waals surface area contributed by atoms with Gasteiger partial charge in [-0.05, 0) is 45.8 Å². The maximum atomic E-state index is 10.8. The third-order valence-corrected chi connectivity index (χ3v) is 5.12. The van der Waals surface area contributed by atoms with E-state index in [1.807, 2.05) is 6.07 Å². The molecule has 0 amide bonds. The van der Waals surface area contributed by atoms with Crippen LogP contribution in [-0.2, 0) is 6.42 Å². The van der Waals surface area contributed by atoms with Crippen LogP contribution in [0.2, 0.25) is 0 Å². The van der Waals surface area contributed by atoms with Gasteiger partial charge in [0.1, 0.15) is 0 Å². The van der Waals surface area contributed by atoms with Crippen molar-refractivity contribution in [1.29, 1.82) is 0 Å². The molecule has 0 saturated heterocycles. The SMILES string of the molecule is CCC(CC)n1ccc(CC(O)C(CC)(CC)N(C)C)n1. The minimum Gasteiger partial charge on any atom is -0.391 e. The second-order valence-corrected chi connectivity index (χ2v) is 6.18. The lowest BCUT2D eigenvalue weighted by Crippen LogP contribution is -2.53. The fraction of sp³-hybridized carbons (Fsp3) is 0.824.